The lowest BCUT2D eigenvalue weighted by Crippen LogP contribution is -2.38. The summed E-state index contributed by atoms with van der Waals surface area (Å²) in [6, 6.07) is 5.37. The van der Waals surface area contributed by atoms with E-state index in [4.69, 9.17) is 33.7 Å². The van der Waals surface area contributed by atoms with Crippen LogP contribution in [0.5, 0.6) is 0 Å². The molecule has 1 aromatic rings. The monoisotopic (exact) mass is 346 g/mol. The number of nitrogens with two attached hydrogens (primary N) is 1. The highest BCUT2D eigenvalue weighted by atomic mass is 35.5. The summed E-state index contributed by atoms with van der Waals surface area (Å²) in [6.07, 6.45) is 0.893. The van der Waals surface area contributed by atoms with Gasteiger partial charge in [-0.15, -0.1) is 0 Å². The second-order valence-corrected chi connectivity index (χ2v) is 6.05. The van der Waals surface area contributed by atoms with E-state index < -0.39 is 0 Å². The van der Waals surface area contributed by atoms with E-state index in [2.05, 4.69) is 0 Å². The highest BCUT2D eigenvalue weighted by Gasteiger charge is 2.23. The van der Waals surface area contributed by atoms with Crippen molar-refractivity contribution in [3.8, 4) is 0 Å². The van der Waals surface area contributed by atoms with Crippen molar-refractivity contribution in [3.63, 3.8) is 0 Å². The minimum atomic E-state index is -0.257. The molecule has 0 saturated heterocycles. The number of carbonyl (C=O) groups excluding carboxylic acids is 1. The number of benzene rings is 1. The van der Waals surface area contributed by atoms with Gasteiger partial charge in [-0.1, -0.05) is 36.2 Å². The fourth-order valence-corrected chi connectivity index (χ4v) is 2.61. The Labute approximate surface area is 142 Å². The maximum absolute atomic E-state index is 12.6. The molecule has 0 fully saturated rings. The molecule has 2 N–H and O–H groups in total. The summed E-state index contributed by atoms with van der Waals surface area (Å²) in [6.45, 7) is 5.01. The Bertz CT molecular complexity index is 493. The maximum Gasteiger partial charge on any atom is 0.225 e. The molecule has 2 unspecified atom stereocenters. The summed E-state index contributed by atoms with van der Waals surface area (Å²) < 4.78 is 5.21. The van der Waals surface area contributed by atoms with Gasteiger partial charge in [0.2, 0.25) is 5.91 Å². The molecule has 0 bridgehead atoms. The Morgan fingerprint density at radius 2 is 2.05 bits per heavy atom. The summed E-state index contributed by atoms with van der Waals surface area (Å²) in [7, 11) is 1.57. The fraction of sp³-hybridized carbons (Fsp3) is 0.562. The first-order valence-electron chi connectivity index (χ1n) is 7.41. The SMILES string of the molecule is CCCN(C(=O)CC(CN)OC)C(C)c1ccc(Cl)c(Cl)c1. The van der Waals surface area contributed by atoms with Crippen LogP contribution in [0, 0.1) is 0 Å². The van der Waals surface area contributed by atoms with Crippen LogP contribution in [0.4, 0.5) is 0 Å². The second kappa shape index (κ2) is 9.36. The van der Waals surface area contributed by atoms with Gasteiger partial charge in [0.25, 0.3) is 0 Å². The number of amides is 1. The van der Waals surface area contributed by atoms with Gasteiger partial charge in [0.1, 0.15) is 0 Å². The molecule has 4 nitrogen and oxygen atoms in total. The van der Waals surface area contributed by atoms with Crippen LogP contribution in [0.25, 0.3) is 0 Å². The van der Waals surface area contributed by atoms with E-state index in [1.54, 1.807) is 19.2 Å². The van der Waals surface area contributed by atoms with Crippen molar-refractivity contribution in [1.82, 2.24) is 4.90 Å². The van der Waals surface area contributed by atoms with E-state index in [0.29, 0.717) is 23.1 Å². The smallest absolute Gasteiger partial charge is 0.225 e. The molecule has 0 aliphatic rings. The zero-order valence-corrected chi connectivity index (χ0v) is 14.8. The second-order valence-electron chi connectivity index (χ2n) is 5.23. The molecular weight excluding hydrogens is 323 g/mol. The average Bonchev–Trinajstić information content (AvgIpc) is 2.52. The lowest BCUT2D eigenvalue weighted by Gasteiger charge is -2.30. The van der Waals surface area contributed by atoms with Crippen LogP contribution in [0.3, 0.4) is 0 Å². The van der Waals surface area contributed by atoms with Crippen molar-refractivity contribution >= 4 is 29.1 Å². The quantitative estimate of drug-likeness (QED) is 0.781. The largest absolute Gasteiger partial charge is 0.380 e. The molecule has 0 heterocycles. The molecule has 2 atom stereocenters. The van der Waals surface area contributed by atoms with Crippen LogP contribution in [0.2, 0.25) is 10.0 Å². The van der Waals surface area contributed by atoms with E-state index in [1.165, 1.54) is 0 Å². The van der Waals surface area contributed by atoms with Crippen LogP contribution in [0.15, 0.2) is 18.2 Å². The molecule has 0 saturated carbocycles. The van der Waals surface area contributed by atoms with Crippen molar-refractivity contribution in [2.24, 2.45) is 5.73 Å². The number of ether oxygens (including phenoxy) is 1. The van der Waals surface area contributed by atoms with Crippen molar-refractivity contribution in [2.75, 3.05) is 20.2 Å². The Morgan fingerprint density at radius 3 is 2.55 bits per heavy atom. The zero-order chi connectivity index (χ0) is 16.7. The van der Waals surface area contributed by atoms with E-state index in [-0.39, 0.29) is 24.5 Å². The van der Waals surface area contributed by atoms with E-state index in [0.717, 1.165) is 12.0 Å². The summed E-state index contributed by atoms with van der Waals surface area (Å²) in [5.41, 5.74) is 6.56. The summed E-state index contributed by atoms with van der Waals surface area (Å²) in [5, 5.41) is 1.00. The molecule has 0 spiro atoms. The Hall–Kier alpha value is -0.810. The van der Waals surface area contributed by atoms with Crippen LogP contribution in [-0.2, 0) is 9.53 Å². The van der Waals surface area contributed by atoms with Gasteiger partial charge in [-0.2, -0.15) is 0 Å². The number of halogens is 2. The summed E-state index contributed by atoms with van der Waals surface area (Å²) >= 11 is 12.0. The number of carbonyl (C=O) groups is 1. The first-order valence-corrected chi connectivity index (χ1v) is 8.17. The predicted molar refractivity (Wildman–Crippen MR) is 91.3 cm³/mol. The first kappa shape index (κ1) is 19.2. The topological polar surface area (TPSA) is 55.6 Å². The molecule has 0 aliphatic carbocycles. The maximum atomic E-state index is 12.6. The molecule has 1 rings (SSSR count). The molecule has 22 heavy (non-hydrogen) atoms. The van der Waals surface area contributed by atoms with Gasteiger partial charge in [-0.3, -0.25) is 4.79 Å². The third-order valence-electron chi connectivity index (χ3n) is 3.68. The standard InChI is InChI=1S/C16H24Cl2N2O2/c1-4-7-20(16(21)9-13(10-19)22-3)11(2)12-5-6-14(17)15(18)8-12/h5-6,8,11,13H,4,7,9-10,19H2,1-3H3. The Morgan fingerprint density at radius 1 is 1.36 bits per heavy atom. The van der Waals surface area contributed by atoms with Gasteiger partial charge in [0, 0.05) is 20.2 Å². The van der Waals surface area contributed by atoms with Crippen molar-refractivity contribution in [2.45, 2.75) is 38.8 Å². The molecule has 124 valence electrons. The lowest BCUT2D eigenvalue weighted by atomic mass is 10.1. The van der Waals surface area contributed by atoms with Gasteiger partial charge < -0.3 is 15.4 Å². The van der Waals surface area contributed by atoms with Crippen LogP contribution >= 0.6 is 23.2 Å². The minimum Gasteiger partial charge on any atom is -0.380 e. The molecule has 0 aliphatic heterocycles. The van der Waals surface area contributed by atoms with Gasteiger partial charge >= 0.3 is 0 Å². The molecule has 1 aromatic carbocycles. The Balaban J connectivity index is 2.92. The van der Waals surface area contributed by atoms with Gasteiger partial charge in [-0.05, 0) is 31.0 Å². The molecule has 1 amide bonds. The summed E-state index contributed by atoms with van der Waals surface area (Å²) in [5.74, 6) is 0.0257. The van der Waals surface area contributed by atoms with Crippen LogP contribution in [0.1, 0.15) is 38.3 Å². The van der Waals surface area contributed by atoms with Gasteiger partial charge in [0.15, 0.2) is 0 Å². The number of hydrogen-bond acceptors (Lipinski definition) is 3. The molecule has 0 radical (unpaired) electrons. The van der Waals surface area contributed by atoms with Gasteiger partial charge in [-0.25, -0.2) is 0 Å². The molecular formula is C16H24Cl2N2O2. The Kier molecular flexibility index (Phi) is 8.18. The van der Waals surface area contributed by atoms with E-state index in [1.807, 2.05) is 24.8 Å². The van der Waals surface area contributed by atoms with E-state index >= 15 is 0 Å². The number of nitrogens with zero attached hydrogens (tertiary/aromatic N) is 1. The third kappa shape index (κ3) is 5.13. The number of hydrogen-bond donors (Lipinski definition) is 1. The van der Waals surface area contributed by atoms with Crippen LogP contribution < -0.4 is 5.73 Å². The van der Waals surface area contributed by atoms with Crippen LogP contribution in [-0.4, -0.2) is 37.1 Å². The van der Waals surface area contributed by atoms with Crippen molar-refractivity contribution in [3.05, 3.63) is 33.8 Å². The normalized spacial score (nSPS) is 13.7. The minimum absolute atomic E-state index is 0.0257. The average molecular weight is 347 g/mol. The van der Waals surface area contributed by atoms with Crippen molar-refractivity contribution in [1.29, 1.82) is 0 Å². The molecule has 6 heteroatoms. The van der Waals surface area contributed by atoms with Crippen molar-refractivity contribution < 1.29 is 9.53 Å². The zero-order valence-electron chi connectivity index (χ0n) is 13.3. The number of methoxy groups -OCH3 is 1. The van der Waals surface area contributed by atoms with E-state index in [9.17, 15) is 4.79 Å². The highest BCUT2D eigenvalue weighted by molar-refractivity contribution is 6.42. The lowest BCUT2D eigenvalue weighted by molar-refractivity contribution is -0.135. The fourth-order valence-electron chi connectivity index (χ4n) is 2.30. The van der Waals surface area contributed by atoms with Gasteiger partial charge in [0.05, 0.1) is 28.6 Å². The summed E-state index contributed by atoms with van der Waals surface area (Å²) in [4.78, 5) is 14.4. The molecule has 0 aromatic heterocycles. The third-order valence-corrected chi connectivity index (χ3v) is 4.42. The first-order chi connectivity index (χ1) is 10.4. The number of rotatable bonds is 8. The highest BCUT2D eigenvalue weighted by Crippen LogP contribution is 2.28. The predicted octanol–water partition coefficient (Wildman–Crippen LogP) is 3.66.